The standard InChI is InChI=1S/C25H23N3O6/c1-33-21-12-5-4-10-19(21)24(31)27-28-14-17(13-23(28)30)25(32)34-15-22(29)26-20-11-6-8-16-7-2-3-9-18(16)20/h2-12,17H,13-15H2,1H3,(H,26,29)(H,27,31)/t17-/m1/s1. The number of esters is 1. The molecule has 3 amide bonds. The number of rotatable bonds is 7. The molecule has 9 heteroatoms. The van der Waals surface area contributed by atoms with Crippen molar-refractivity contribution >= 4 is 40.2 Å². The van der Waals surface area contributed by atoms with Gasteiger partial charge in [-0.05, 0) is 23.6 Å². The Kier molecular flexibility index (Phi) is 6.72. The summed E-state index contributed by atoms with van der Waals surface area (Å²) in [6, 6.07) is 19.7. The molecular formula is C25H23N3O6. The summed E-state index contributed by atoms with van der Waals surface area (Å²) in [7, 11) is 1.44. The van der Waals surface area contributed by atoms with Crippen LogP contribution in [0.2, 0.25) is 0 Å². The van der Waals surface area contributed by atoms with E-state index in [-0.39, 0.29) is 18.5 Å². The third kappa shape index (κ3) is 4.98. The number of benzene rings is 3. The molecule has 1 fully saturated rings. The zero-order valence-electron chi connectivity index (χ0n) is 18.4. The number of hydrogen-bond donors (Lipinski definition) is 2. The van der Waals surface area contributed by atoms with Crippen LogP contribution in [0.15, 0.2) is 66.7 Å². The number of anilines is 1. The normalized spacial score (nSPS) is 15.1. The van der Waals surface area contributed by atoms with Crippen molar-refractivity contribution in [2.24, 2.45) is 5.92 Å². The number of carbonyl (C=O) groups excluding carboxylic acids is 4. The van der Waals surface area contributed by atoms with E-state index in [1.807, 2.05) is 36.4 Å². The number of carbonyl (C=O) groups is 4. The maximum absolute atomic E-state index is 12.5. The molecule has 0 aliphatic carbocycles. The van der Waals surface area contributed by atoms with E-state index in [4.69, 9.17) is 9.47 Å². The second-order valence-corrected chi connectivity index (χ2v) is 7.73. The Hall–Kier alpha value is -4.40. The lowest BCUT2D eigenvalue weighted by Gasteiger charge is -2.18. The molecule has 4 rings (SSSR count). The zero-order valence-corrected chi connectivity index (χ0v) is 18.4. The largest absolute Gasteiger partial charge is 0.496 e. The van der Waals surface area contributed by atoms with Crippen LogP contribution in [0.1, 0.15) is 16.8 Å². The molecule has 1 heterocycles. The second-order valence-electron chi connectivity index (χ2n) is 7.73. The molecule has 1 aliphatic heterocycles. The Labute approximate surface area is 195 Å². The molecule has 9 nitrogen and oxygen atoms in total. The second kappa shape index (κ2) is 10.0. The molecule has 34 heavy (non-hydrogen) atoms. The van der Waals surface area contributed by atoms with Gasteiger partial charge in [-0.1, -0.05) is 48.5 Å². The van der Waals surface area contributed by atoms with Gasteiger partial charge >= 0.3 is 5.97 Å². The van der Waals surface area contributed by atoms with Gasteiger partial charge in [0.2, 0.25) is 5.91 Å². The number of hydrogen-bond acceptors (Lipinski definition) is 6. The van der Waals surface area contributed by atoms with Crippen LogP contribution in [0.4, 0.5) is 5.69 Å². The first-order chi connectivity index (χ1) is 16.5. The highest BCUT2D eigenvalue weighted by Crippen LogP contribution is 2.23. The molecule has 0 unspecified atom stereocenters. The van der Waals surface area contributed by atoms with Crippen molar-refractivity contribution in [1.29, 1.82) is 0 Å². The fourth-order valence-electron chi connectivity index (χ4n) is 3.76. The van der Waals surface area contributed by atoms with Crippen LogP contribution < -0.4 is 15.5 Å². The average molecular weight is 461 g/mol. The monoisotopic (exact) mass is 461 g/mol. The van der Waals surface area contributed by atoms with E-state index in [0.29, 0.717) is 11.4 Å². The molecule has 1 aliphatic rings. The molecule has 2 N–H and O–H groups in total. The number of nitrogens with one attached hydrogen (secondary N) is 2. The SMILES string of the molecule is COc1ccccc1C(=O)NN1C[C@H](C(=O)OCC(=O)Nc2cccc3ccccc23)CC1=O. The Morgan fingerprint density at radius 3 is 2.56 bits per heavy atom. The van der Waals surface area contributed by atoms with E-state index in [1.165, 1.54) is 7.11 Å². The van der Waals surface area contributed by atoms with Gasteiger partial charge in [0.1, 0.15) is 5.75 Å². The lowest BCUT2D eigenvalue weighted by atomic mass is 10.1. The smallest absolute Gasteiger partial charge is 0.311 e. The van der Waals surface area contributed by atoms with E-state index < -0.39 is 36.2 Å². The molecule has 1 saturated heterocycles. The number of para-hydroxylation sites is 1. The highest BCUT2D eigenvalue weighted by Gasteiger charge is 2.37. The number of methoxy groups -OCH3 is 1. The van der Waals surface area contributed by atoms with Crippen LogP contribution in [-0.2, 0) is 19.1 Å². The molecule has 0 bridgehead atoms. The minimum absolute atomic E-state index is 0.0521. The highest BCUT2D eigenvalue weighted by atomic mass is 16.5. The number of fused-ring (bicyclic) bond motifs is 1. The Balaban J connectivity index is 1.30. The minimum Gasteiger partial charge on any atom is -0.496 e. The molecule has 0 aromatic heterocycles. The number of hydrazine groups is 1. The summed E-state index contributed by atoms with van der Waals surface area (Å²) in [5, 5.41) is 5.66. The van der Waals surface area contributed by atoms with Crippen molar-refractivity contribution in [2.75, 3.05) is 25.6 Å². The number of nitrogens with zero attached hydrogens (tertiary/aromatic N) is 1. The van der Waals surface area contributed by atoms with Crippen LogP contribution in [0.5, 0.6) is 5.75 Å². The molecule has 3 aromatic rings. The summed E-state index contributed by atoms with van der Waals surface area (Å²) < 4.78 is 10.3. The van der Waals surface area contributed by atoms with E-state index in [0.717, 1.165) is 15.8 Å². The van der Waals surface area contributed by atoms with E-state index in [1.54, 1.807) is 30.3 Å². The van der Waals surface area contributed by atoms with E-state index >= 15 is 0 Å². The Morgan fingerprint density at radius 2 is 1.74 bits per heavy atom. The van der Waals surface area contributed by atoms with E-state index in [2.05, 4.69) is 10.7 Å². The van der Waals surface area contributed by atoms with Gasteiger partial charge < -0.3 is 14.8 Å². The first kappa shape index (κ1) is 22.8. The molecule has 3 aromatic carbocycles. The third-order valence-electron chi connectivity index (χ3n) is 5.46. The molecule has 0 spiro atoms. The Morgan fingerprint density at radius 1 is 1.00 bits per heavy atom. The van der Waals surface area contributed by atoms with Crippen LogP contribution in [0.25, 0.3) is 10.8 Å². The maximum atomic E-state index is 12.5. The molecule has 174 valence electrons. The fraction of sp³-hybridized carbons (Fsp3) is 0.200. The van der Waals surface area contributed by atoms with Crippen molar-refractivity contribution in [3.05, 3.63) is 72.3 Å². The first-order valence-corrected chi connectivity index (χ1v) is 10.6. The summed E-state index contributed by atoms with van der Waals surface area (Å²) in [6.07, 6.45) is -0.129. The summed E-state index contributed by atoms with van der Waals surface area (Å²) in [5.41, 5.74) is 3.37. The van der Waals surface area contributed by atoms with Crippen molar-refractivity contribution < 1.29 is 28.7 Å². The maximum Gasteiger partial charge on any atom is 0.311 e. The third-order valence-corrected chi connectivity index (χ3v) is 5.46. The average Bonchev–Trinajstić information content (AvgIpc) is 3.22. The van der Waals surface area contributed by atoms with Crippen molar-refractivity contribution in [3.63, 3.8) is 0 Å². The molecular weight excluding hydrogens is 438 g/mol. The molecule has 1 atom stereocenters. The van der Waals surface area contributed by atoms with Crippen molar-refractivity contribution in [1.82, 2.24) is 10.4 Å². The summed E-state index contributed by atoms with van der Waals surface area (Å²) in [4.78, 5) is 49.6. The number of amides is 3. The molecule has 0 saturated carbocycles. The predicted octanol–water partition coefficient (Wildman–Crippen LogP) is 2.52. The van der Waals surface area contributed by atoms with Gasteiger partial charge in [-0.3, -0.25) is 29.6 Å². The quantitative estimate of drug-likeness (QED) is 0.523. The van der Waals surface area contributed by atoms with Gasteiger partial charge in [0.15, 0.2) is 6.61 Å². The van der Waals surface area contributed by atoms with Gasteiger partial charge in [0.05, 0.1) is 25.1 Å². The van der Waals surface area contributed by atoms with Gasteiger partial charge in [-0.2, -0.15) is 0 Å². The van der Waals surface area contributed by atoms with Crippen molar-refractivity contribution in [3.8, 4) is 5.75 Å². The lowest BCUT2D eigenvalue weighted by Crippen LogP contribution is -2.43. The lowest BCUT2D eigenvalue weighted by molar-refractivity contribution is -0.151. The zero-order chi connectivity index (χ0) is 24.1. The minimum atomic E-state index is -0.796. The van der Waals surface area contributed by atoms with Gasteiger partial charge in [-0.15, -0.1) is 0 Å². The van der Waals surface area contributed by atoms with Crippen LogP contribution in [0.3, 0.4) is 0 Å². The van der Waals surface area contributed by atoms with E-state index in [9.17, 15) is 19.2 Å². The van der Waals surface area contributed by atoms with Crippen molar-refractivity contribution in [2.45, 2.75) is 6.42 Å². The highest BCUT2D eigenvalue weighted by molar-refractivity contribution is 6.03. The summed E-state index contributed by atoms with van der Waals surface area (Å²) in [6.45, 7) is -0.538. The van der Waals surface area contributed by atoms with Crippen LogP contribution in [0, 0.1) is 5.92 Å². The topological polar surface area (TPSA) is 114 Å². The van der Waals surface area contributed by atoms with Gasteiger partial charge in [-0.25, -0.2) is 0 Å². The summed E-state index contributed by atoms with van der Waals surface area (Å²) in [5.74, 6) is -2.57. The molecule has 0 radical (unpaired) electrons. The number of ether oxygens (including phenoxy) is 2. The first-order valence-electron chi connectivity index (χ1n) is 10.6. The van der Waals surface area contributed by atoms with Gasteiger partial charge in [0, 0.05) is 17.5 Å². The predicted molar refractivity (Wildman–Crippen MR) is 124 cm³/mol. The summed E-state index contributed by atoms with van der Waals surface area (Å²) >= 11 is 0. The van der Waals surface area contributed by atoms with Crippen LogP contribution >= 0.6 is 0 Å². The van der Waals surface area contributed by atoms with Gasteiger partial charge in [0.25, 0.3) is 11.8 Å². The fourth-order valence-corrected chi connectivity index (χ4v) is 3.76. The van der Waals surface area contributed by atoms with Crippen LogP contribution in [-0.4, -0.2) is 49.0 Å². The Bertz CT molecular complexity index is 1250.